The van der Waals surface area contributed by atoms with Crippen molar-refractivity contribution in [2.75, 3.05) is 24.3 Å². The number of carbonyl (C=O) groups is 2. The lowest BCUT2D eigenvalue weighted by molar-refractivity contribution is -0.147. The van der Waals surface area contributed by atoms with Crippen molar-refractivity contribution in [2.24, 2.45) is 0 Å². The number of rotatable bonds is 9. The number of ether oxygens (including phenoxy) is 1. The van der Waals surface area contributed by atoms with E-state index in [1.54, 1.807) is 0 Å². The quantitative estimate of drug-likeness (QED) is 0.332. The molecule has 2 aromatic rings. The number of hydrogen-bond acceptors (Lipinski definition) is 7. The van der Waals surface area contributed by atoms with Crippen molar-refractivity contribution in [3.8, 4) is 6.07 Å². The van der Waals surface area contributed by atoms with E-state index in [9.17, 15) is 9.59 Å². The van der Waals surface area contributed by atoms with Crippen LogP contribution < -0.4 is 4.90 Å². The second kappa shape index (κ2) is 11.5. The fraction of sp³-hybridized carbons (Fsp3) is 0.435. The van der Waals surface area contributed by atoms with Gasteiger partial charge in [-0.2, -0.15) is 5.26 Å². The molecule has 0 radical (unpaired) electrons. The number of thioether (sulfide) groups is 1. The zero-order valence-corrected chi connectivity index (χ0v) is 19.5. The fourth-order valence-electron chi connectivity index (χ4n) is 3.35. The van der Waals surface area contributed by atoms with Gasteiger partial charge in [0.2, 0.25) is 0 Å². The van der Waals surface area contributed by atoms with Crippen molar-refractivity contribution >= 4 is 29.3 Å². The Bertz CT molecular complexity index is 958. The van der Waals surface area contributed by atoms with Crippen molar-refractivity contribution < 1.29 is 14.3 Å². The summed E-state index contributed by atoms with van der Waals surface area (Å²) in [5.74, 6) is -0.810. The van der Waals surface area contributed by atoms with E-state index >= 15 is 0 Å². The summed E-state index contributed by atoms with van der Waals surface area (Å²) in [6, 6.07) is 7.83. The van der Waals surface area contributed by atoms with E-state index in [2.05, 4.69) is 16.0 Å². The molecule has 0 aliphatic rings. The van der Waals surface area contributed by atoms with Gasteiger partial charge in [0.05, 0.1) is 12.5 Å². The maximum Gasteiger partial charge on any atom is 0.306 e. The van der Waals surface area contributed by atoms with Crippen molar-refractivity contribution in [1.29, 1.82) is 5.26 Å². The number of nitriles is 1. The Morgan fingerprint density at radius 3 is 2.26 bits per heavy atom. The van der Waals surface area contributed by atoms with Gasteiger partial charge in [-0.3, -0.25) is 9.59 Å². The summed E-state index contributed by atoms with van der Waals surface area (Å²) in [5, 5.41) is 9.65. The van der Waals surface area contributed by atoms with Gasteiger partial charge in [0.25, 0.3) is 5.91 Å². The van der Waals surface area contributed by atoms with Crippen LogP contribution >= 0.6 is 11.8 Å². The van der Waals surface area contributed by atoms with Gasteiger partial charge < -0.3 is 9.64 Å². The molecular weight excluding hydrogens is 412 g/mol. The third kappa shape index (κ3) is 7.07. The lowest BCUT2D eigenvalue weighted by Gasteiger charge is -2.22. The van der Waals surface area contributed by atoms with E-state index in [0.29, 0.717) is 17.3 Å². The zero-order valence-electron chi connectivity index (χ0n) is 18.7. The first-order valence-corrected chi connectivity index (χ1v) is 11.3. The molecule has 31 heavy (non-hydrogen) atoms. The second-order valence-corrected chi connectivity index (χ2v) is 8.09. The van der Waals surface area contributed by atoms with Gasteiger partial charge in [0, 0.05) is 30.0 Å². The Labute approximate surface area is 187 Å². The molecule has 1 heterocycles. The molecule has 1 aromatic heterocycles. The number of anilines is 1. The third-order valence-corrected chi connectivity index (χ3v) is 5.33. The van der Waals surface area contributed by atoms with Crippen LogP contribution in [0, 0.1) is 39.0 Å². The van der Waals surface area contributed by atoms with Gasteiger partial charge >= 0.3 is 5.97 Å². The van der Waals surface area contributed by atoms with Crippen molar-refractivity contribution in [3.63, 3.8) is 0 Å². The van der Waals surface area contributed by atoms with Crippen LogP contribution in [0.25, 0.3) is 0 Å². The normalized spacial score (nSPS) is 10.5. The molecule has 164 valence electrons. The minimum absolute atomic E-state index is 0.138. The Morgan fingerprint density at radius 2 is 1.71 bits per heavy atom. The average Bonchev–Trinajstić information content (AvgIpc) is 2.71. The van der Waals surface area contributed by atoms with Crippen LogP contribution in [0.5, 0.6) is 0 Å². The first-order chi connectivity index (χ1) is 14.7. The van der Waals surface area contributed by atoms with Crippen LogP contribution in [-0.4, -0.2) is 41.3 Å². The average molecular weight is 441 g/mol. The van der Waals surface area contributed by atoms with E-state index < -0.39 is 5.97 Å². The maximum absolute atomic E-state index is 12.7. The van der Waals surface area contributed by atoms with Gasteiger partial charge in [-0.15, -0.1) is 0 Å². The number of aryl methyl sites for hydroxylation is 4. The van der Waals surface area contributed by atoms with Crippen LogP contribution in [0.4, 0.5) is 5.69 Å². The highest BCUT2D eigenvalue weighted by Gasteiger charge is 2.19. The van der Waals surface area contributed by atoms with E-state index in [1.807, 2.05) is 52.1 Å². The van der Waals surface area contributed by atoms with Crippen LogP contribution in [0.1, 0.15) is 40.9 Å². The molecule has 0 spiro atoms. The Morgan fingerprint density at radius 1 is 1.10 bits per heavy atom. The monoisotopic (exact) mass is 440 g/mol. The molecule has 0 atom stereocenters. The first-order valence-electron chi connectivity index (χ1n) is 10.0. The summed E-state index contributed by atoms with van der Waals surface area (Å²) in [5.41, 5.74) is 5.35. The van der Waals surface area contributed by atoms with E-state index in [-0.39, 0.29) is 31.9 Å². The summed E-state index contributed by atoms with van der Waals surface area (Å²) < 4.78 is 5.24. The molecule has 8 heteroatoms. The second-order valence-electron chi connectivity index (χ2n) is 7.32. The minimum atomic E-state index is -0.457. The van der Waals surface area contributed by atoms with Crippen LogP contribution in [0.15, 0.2) is 23.4 Å². The standard InChI is InChI=1S/C23H28N4O3S/c1-15-11-16(2)13-19(12-15)27(10-6-9-24)21(28)14-30-22(29)8-7-20-17(3)25-23(31-5)26-18(20)4/h11-13H,6-8,10,14H2,1-5H3. The van der Waals surface area contributed by atoms with E-state index in [1.165, 1.54) is 16.7 Å². The van der Waals surface area contributed by atoms with Crippen LogP contribution in [-0.2, 0) is 20.7 Å². The maximum atomic E-state index is 12.7. The van der Waals surface area contributed by atoms with Gasteiger partial charge in [0.15, 0.2) is 11.8 Å². The summed E-state index contributed by atoms with van der Waals surface area (Å²) in [4.78, 5) is 35.3. The number of esters is 1. The highest BCUT2D eigenvalue weighted by atomic mass is 32.2. The minimum Gasteiger partial charge on any atom is -0.456 e. The Kier molecular flexibility index (Phi) is 9.01. The molecule has 1 aromatic carbocycles. The lowest BCUT2D eigenvalue weighted by Crippen LogP contribution is -2.35. The molecule has 0 saturated carbocycles. The van der Waals surface area contributed by atoms with E-state index in [0.717, 1.165) is 28.1 Å². The third-order valence-electron chi connectivity index (χ3n) is 4.78. The molecule has 2 rings (SSSR count). The molecule has 0 saturated heterocycles. The summed E-state index contributed by atoms with van der Waals surface area (Å²) >= 11 is 1.47. The van der Waals surface area contributed by atoms with Crippen molar-refractivity contribution in [1.82, 2.24) is 9.97 Å². The lowest BCUT2D eigenvalue weighted by atomic mass is 10.1. The molecule has 1 amide bonds. The molecule has 0 bridgehead atoms. The largest absolute Gasteiger partial charge is 0.456 e. The number of nitrogens with zero attached hydrogens (tertiary/aromatic N) is 4. The highest BCUT2D eigenvalue weighted by molar-refractivity contribution is 7.98. The SMILES string of the molecule is CSc1nc(C)c(CCC(=O)OCC(=O)N(CCC#N)c2cc(C)cc(C)c2)c(C)n1. The van der Waals surface area contributed by atoms with E-state index in [4.69, 9.17) is 10.00 Å². The predicted octanol–water partition coefficient (Wildman–Crippen LogP) is 3.85. The molecule has 0 unspecified atom stereocenters. The zero-order chi connectivity index (χ0) is 23.0. The van der Waals surface area contributed by atoms with Crippen LogP contribution in [0.3, 0.4) is 0 Å². The number of carbonyl (C=O) groups excluding carboxylic acids is 2. The van der Waals surface area contributed by atoms with Gasteiger partial charge in [0.1, 0.15) is 0 Å². The highest BCUT2D eigenvalue weighted by Crippen LogP contribution is 2.20. The number of hydrogen-bond donors (Lipinski definition) is 0. The Hall–Kier alpha value is -2.92. The Balaban J connectivity index is 1.99. The van der Waals surface area contributed by atoms with Gasteiger partial charge in [-0.05, 0) is 69.2 Å². The first kappa shape index (κ1) is 24.4. The van der Waals surface area contributed by atoms with Gasteiger partial charge in [-0.1, -0.05) is 17.8 Å². The summed E-state index contributed by atoms with van der Waals surface area (Å²) in [6.45, 7) is 7.57. The molecule has 0 aliphatic carbocycles. The smallest absolute Gasteiger partial charge is 0.306 e. The van der Waals surface area contributed by atoms with Crippen molar-refractivity contribution in [2.45, 2.75) is 52.1 Å². The number of benzene rings is 1. The molecule has 0 aliphatic heterocycles. The molecule has 0 N–H and O–H groups in total. The number of amides is 1. The van der Waals surface area contributed by atoms with Crippen molar-refractivity contribution in [3.05, 3.63) is 46.3 Å². The number of aromatic nitrogens is 2. The molecule has 0 fully saturated rings. The van der Waals surface area contributed by atoms with Gasteiger partial charge in [-0.25, -0.2) is 9.97 Å². The fourth-order valence-corrected chi connectivity index (χ4v) is 3.80. The molecule has 7 nitrogen and oxygen atoms in total. The topological polar surface area (TPSA) is 96.2 Å². The molecular formula is C23H28N4O3S. The summed E-state index contributed by atoms with van der Waals surface area (Å²) in [6.07, 6.45) is 2.70. The van der Waals surface area contributed by atoms with Crippen LogP contribution in [0.2, 0.25) is 0 Å². The predicted molar refractivity (Wildman–Crippen MR) is 121 cm³/mol. The summed E-state index contributed by atoms with van der Waals surface area (Å²) in [7, 11) is 0.